The second-order valence-electron chi connectivity index (χ2n) is 5.51. The van der Waals surface area contributed by atoms with Gasteiger partial charge in [-0.15, -0.1) is 0 Å². The molecule has 2 N–H and O–H groups in total. The molecular formula is C15H22BrNO. The molecule has 1 saturated carbocycles. The lowest BCUT2D eigenvalue weighted by molar-refractivity contribution is 0.0381. The van der Waals surface area contributed by atoms with Crippen LogP contribution in [0.1, 0.15) is 44.1 Å². The standard InChI is InChI=1S/C15H22BrNO/c1-12-8-13(16)10-14(9-12)17-11-15(18)6-4-2-3-5-7-15/h8-10,17-18H,2-7,11H2,1H3. The maximum atomic E-state index is 10.6. The van der Waals surface area contributed by atoms with Gasteiger partial charge in [-0.05, 0) is 43.5 Å². The zero-order valence-corrected chi connectivity index (χ0v) is 12.6. The van der Waals surface area contributed by atoms with Crippen LogP contribution in [0.15, 0.2) is 22.7 Å². The third-order valence-electron chi connectivity index (χ3n) is 3.70. The Bertz CT molecular complexity index is 377. The van der Waals surface area contributed by atoms with Crippen LogP contribution in [-0.4, -0.2) is 17.3 Å². The van der Waals surface area contributed by atoms with E-state index in [2.05, 4.69) is 46.4 Å². The summed E-state index contributed by atoms with van der Waals surface area (Å²) in [6.45, 7) is 2.74. The van der Waals surface area contributed by atoms with Crippen molar-refractivity contribution >= 4 is 21.6 Å². The van der Waals surface area contributed by atoms with Crippen LogP contribution in [0.5, 0.6) is 0 Å². The third kappa shape index (κ3) is 3.99. The number of aliphatic hydroxyl groups is 1. The average Bonchev–Trinajstić information content (AvgIpc) is 2.51. The van der Waals surface area contributed by atoms with Gasteiger partial charge in [-0.1, -0.05) is 41.6 Å². The topological polar surface area (TPSA) is 32.3 Å². The molecule has 0 bridgehead atoms. The Morgan fingerprint density at radius 2 is 1.83 bits per heavy atom. The highest BCUT2D eigenvalue weighted by Gasteiger charge is 2.27. The van der Waals surface area contributed by atoms with Crippen molar-refractivity contribution in [2.75, 3.05) is 11.9 Å². The molecule has 1 aliphatic rings. The van der Waals surface area contributed by atoms with Gasteiger partial charge in [0.15, 0.2) is 0 Å². The van der Waals surface area contributed by atoms with Gasteiger partial charge in [-0.3, -0.25) is 0 Å². The van der Waals surface area contributed by atoms with Gasteiger partial charge < -0.3 is 10.4 Å². The van der Waals surface area contributed by atoms with Crippen LogP contribution in [-0.2, 0) is 0 Å². The van der Waals surface area contributed by atoms with Gasteiger partial charge in [0, 0.05) is 16.7 Å². The number of aryl methyl sites for hydroxylation is 1. The van der Waals surface area contributed by atoms with Crippen molar-refractivity contribution in [3.05, 3.63) is 28.2 Å². The molecule has 18 heavy (non-hydrogen) atoms. The number of nitrogens with one attached hydrogen (secondary N) is 1. The monoisotopic (exact) mass is 311 g/mol. The van der Waals surface area contributed by atoms with Gasteiger partial charge in [0.05, 0.1) is 5.60 Å². The van der Waals surface area contributed by atoms with Crippen LogP contribution < -0.4 is 5.32 Å². The fraction of sp³-hybridized carbons (Fsp3) is 0.600. The Morgan fingerprint density at radius 3 is 2.44 bits per heavy atom. The van der Waals surface area contributed by atoms with Gasteiger partial charge in [0.2, 0.25) is 0 Å². The minimum Gasteiger partial charge on any atom is -0.388 e. The number of anilines is 1. The van der Waals surface area contributed by atoms with E-state index in [-0.39, 0.29) is 0 Å². The number of benzene rings is 1. The molecule has 0 radical (unpaired) electrons. The first kappa shape index (κ1) is 13.9. The summed E-state index contributed by atoms with van der Waals surface area (Å²) >= 11 is 3.50. The lowest BCUT2D eigenvalue weighted by Gasteiger charge is -2.27. The molecule has 1 aromatic rings. The Kier molecular flexibility index (Phi) is 4.68. The van der Waals surface area contributed by atoms with E-state index in [9.17, 15) is 5.11 Å². The van der Waals surface area contributed by atoms with Crippen molar-refractivity contribution in [1.29, 1.82) is 0 Å². The highest BCUT2D eigenvalue weighted by Crippen LogP contribution is 2.28. The minimum atomic E-state index is -0.521. The van der Waals surface area contributed by atoms with Crippen molar-refractivity contribution in [2.45, 2.75) is 51.0 Å². The largest absolute Gasteiger partial charge is 0.388 e. The van der Waals surface area contributed by atoms with Crippen LogP contribution >= 0.6 is 15.9 Å². The maximum absolute atomic E-state index is 10.6. The van der Waals surface area contributed by atoms with Crippen LogP contribution in [0.3, 0.4) is 0 Å². The molecule has 100 valence electrons. The zero-order chi connectivity index (χ0) is 13.0. The molecule has 1 fully saturated rings. The lowest BCUT2D eigenvalue weighted by atomic mass is 9.94. The number of rotatable bonds is 3. The number of hydrogen-bond acceptors (Lipinski definition) is 2. The molecule has 3 heteroatoms. The lowest BCUT2D eigenvalue weighted by Crippen LogP contribution is -2.36. The van der Waals surface area contributed by atoms with Gasteiger partial charge in [-0.25, -0.2) is 0 Å². The molecule has 2 rings (SSSR count). The van der Waals surface area contributed by atoms with E-state index in [0.29, 0.717) is 6.54 Å². The van der Waals surface area contributed by atoms with E-state index >= 15 is 0 Å². The molecule has 0 spiro atoms. The Labute approximate surface area is 118 Å². The Hall–Kier alpha value is -0.540. The smallest absolute Gasteiger partial charge is 0.0819 e. The van der Waals surface area contributed by atoms with Gasteiger partial charge in [0.25, 0.3) is 0 Å². The van der Waals surface area contributed by atoms with Crippen molar-refractivity contribution in [3.8, 4) is 0 Å². The quantitative estimate of drug-likeness (QED) is 0.818. The molecule has 2 nitrogen and oxygen atoms in total. The maximum Gasteiger partial charge on any atom is 0.0819 e. The summed E-state index contributed by atoms with van der Waals surface area (Å²) in [5.41, 5.74) is 1.78. The second kappa shape index (κ2) is 6.07. The summed E-state index contributed by atoms with van der Waals surface area (Å²) in [7, 11) is 0. The number of hydrogen-bond donors (Lipinski definition) is 2. The minimum absolute atomic E-state index is 0.521. The highest BCUT2D eigenvalue weighted by atomic mass is 79.9. The van der Waals surface area contributed by atoms with Crippen LogP contribution in [0.25, 0.3) is 0 Å². The molecule has 0 saturated heterocycles. The number of halogens is 1. The van der Waals surface area contributed by atoms with Gasteiger partial charge in [0.1, 0.15) is 0 Å². The summed E-state index contributed by atoms with van der Waals surface area (Å²) in [6, 6.07) is 6.27. The van der Waals surface area contributed by atoms with Crippen molar-refractivity contribution in [1.82, 2.24) is 0 Å². The first-order valence-corrected chi connectivity index (χ1v) is 7.60. The van der Waals surface area contributed by atoms with Gasteiger partial charge >= 0.3 is 0 Å². The van der Waals surface area contributed by atoms with E-state index in [1.807, 2.05) is 0 Å². The Balaban J connectivity index is 1.97. The predicted molar refractivity (Wildman–Crippen MR) is 80.0 cm³/mol. The van der Waals surface area contributed by atoms with E-state index in [1.165, 1.54) is 18.4 Å². The Morgan fingerprint density at radius 1 is 1.17 bits per heavy atom. The summed E-state index contributed by atoms with van der Waals surface area (Å²) in [5.74, 6) is 0. The average molecular weight is 312 g/mol. The predicted octanol–water partition coefficient (Wildman–Crippen LogP) is 4.25. The molecule has 0 amide bonds. The summed E-state index contributed by atoms with van der Waals surface area (Å²) < 4.78 is 1.08. The second-order valence-corrected chi connectivity index (χ2v) is 6.43. The van der Waals surface area contributed by atoms with Crippen molar-refractivity contribution in [3.63, 3.8) is 0 Å². The van der Waals surface area contributed by atoms with E-state index < -0.39 is 5.60 Å². The summed E-state index contributed by atoms with van der Waals surface area (Å²) in [6.07, 6.45) is 6.67. The first-order chi connectivity index (χ1) is 8.57. The fourth-order valence-corrected chi connectivity index (χ4v) is 3.28. The summed E-state index contributed by atoms with van der Waals surface area (Å²) in [5, 5.41) is 14.0. The molecule has 0 unspecified atom stereocenters. The first-order valence-electron chi connectivity index (χ1n) is 6.81. The fourth-order valence-electron chi connectivity index (χ4n) is 2.67. The normalized spacial score (nSPS) is 19.3. The SMILES string of the molecule is Cc1cc(Br)cc(NCC2(O)CCCCCC2)c1. The van der Waals surface area contributed by atoms with Gasteiger partial charge in [-0.2, -0.15) is 0 Å². The molecule has 1 aromatic carbocycles. The molecule has 0 aromatic heterocycles. The molecular weight excluding hydrogens is 290 g/mol. The third-order valence-corrected chi connectivity index (χ3v) is 4.16. The van der Waals surface area contributed by atoms with Crippen LogP contribution in [0.2, 0.25) is 0 Å². The van der Waals surface area contributed by atoms with E-state index in [4.69, 9.17) is 0 Å². The van der Waals surface area contributed by atoms with Crippen LogP contribution in [0.4, 0.5) is 5.69 Å². The van der Waals surface area contributed by atoms with E-state index in [1.54, 1.807) is 0 Å². The summed E-state index contributed by atoms with van der Waals surface area (Å²) in [4.78, 5) is 0. The molecule has 1 aliphatic carbocycles. The highest BCUT2D eigenvalue weighted by molar-refractivity contribution is 9.10. The van der Waals surface area contributed by atoms with Crippen LogP contribution in [0, 0.1) is 6.92 Å². The zero-order valence-electron chi connectivity index (χ0n) is 11.0. The van der Waals surface area contributed by atoms with Crippen molar-refractivity contribution in [2.24, 2.45) is 0 Å². The molecule has 0 heterocycles. The molecule has 0 atom stereocenters. The van der Waals surface area contributed by atoms with Crippen molar-refractivity contribution < 1.29 is 5.11 Å². The van der Waals surface area contributed by atoms with E-state index in [0.717, 1.165) is 35.8 Å². The molecule has 0 aliphatic heterocycles.